The maximum Gasteiger partial charge on any atom is 0.0551 e. The fourth-order valence-electron chi connectivity index (χ4n) is 1.41. The summed E-state index contributed by atoms with van der Waals surface area (Å²) in [6.07, 6.45) is 4.04. The van der Waals surface area contributed by atoms with Crippen molar-refractivity contribution >= 4 is 11.4 Å². The first kappa shape index (κ1) is 8.69. The van der Waals surface area contributed by atoms with Crippen LogP contribution in [0.25, 0.3) is 0 Å². The molecule has 0 saturated heterocycles. The number of nitrogens with zero attached hydrogens (tertiary/aromatic N) is 1. The number of hydrogen-bond acceptors (Lipinski definition) is 2. The van der Waals surface area contributed by atoms with E-state index in [9.17, 15) is 0 Å². The highest BCUT2D eigenvalue weighted by Crippen LogP contribution is 2.16. The monoisotopic (exact) mass is 187 g/mol. The summed E-state index contributed by atoms with van der Waals surface area (Å²) in [5.41, 5.74) is 13.8. The Morgan fingerprint density at radius 3 is 2.36 bits per heavy atom. The number of nitrogen functional groups attached to an aromatic ring is 2. The Balaban J connectivity index is 2.22. The van der Waals surface area contributed by atoms with E-state index in [-0.39, 0.29) is 0 Å². The molecule has 72 valence electrons. The first-order chi connectivity index (χ1) is 6.75. The van der Waals surface area contributed by atoms with Crippen molar-refractivity contribution in [2.75, 3.05) is 11.5 Å². The maximum atomic E-state index is 5.72. The van der Waals surface area contributed by atoms with E-state index in [2.05, 4.69) is 4.57 Å². The van der Waals surface area contributed by atoms with Gasteiger partial charge in [0, 0.05) is 18.9 Å². The van der Waals surface area contributed by atoms with Gasteiger partial charge in [0.15, 0.2) is 0 Å². The number of anilines is 2. The zero-order chi connectivity index (χ0) is 9.97. The van der Waals surface area contributed by atoms with Crippen molar-refractivity contribution in [2.24, 2.45) is 0 Å². The summed E-state index contributed by atoms with van der Waals surface area (Å²) in [5, 5.41) is 0. The summed E-state index contributed by atoms with van der Waals surface area (Å²) in [6.45, 7) is 0.831. The molecule has 4 N–H and O–H groups in total. The van der Waals surface area contributed by atoms with Gasteiger partial charge in [-0.3, -0.25) is 0 Å². The molecule has 0 radical (unpaired) electrons. The van der Waals surface area contributed by atoms with E-state index in [0.717, 1.165) is 12.1 Å². The van der Waals surface area contributed by atoms with Crippen LogP contribution in [0.4, 0.5) is 11.4 Å². The first-order valence-corrected chi connectivity index (χ1v) is 4.50. The van der Waals surface area contributed by atoms with Crippen molar-refractivity contribution in [3.8, 4) is 0 Å². The Hall–Kier alpha value is -1.90. The van der Waals surface area contributed by atoms with Crippen molar-refractivity contribution in [3.63, 3.8) is 0 Å². The second-order valence-electron chi connectivity index (χ2n) is 3.32. The number of rotatable bonds is 2. The van der Waals surface area contributed by atoms with Crippen LogP contribution in [0.15, 0.2) is 42.7 Å². The van der Waals surface area contributed by atoms with Crippen molar-refractivity contribution < 1.29 is 0 Å². The number of benzene rings is 1. The van der Waals surface area contributed by atoms with Crippen molar-refractivity contribution in [3.05, 3.63) is 48.3 Å². The third kappa shape index (κ3) is 1.71. The third-order valence-corrected chi connectivity index (χ3v) is 2.18. The Bertz CT molecular complexity index is 418. The lowest BCUT2D eigenvalue weighted by Gasteiger charge is -2.05. The summed E-state index contributed by atoms with van der Waals surface area (Å²) < 4.78 is 2.09. The predicted octanol–water partition coefficient (Wildman–Crippen LogP) is 1.70. The summed E-state index contributed by atoms with van der Waals surface area (Å²) in [4.78, 5) is 0. The van der Waals surface area contributed by atoms with Gasteiger partial charge < -0.3 is 16.0 Å². The number of nitrogens with two attached hydrogens (primary N) is 2. The molecule has 0 amide bonds. The van der Waals surface area contributed by atoms with Gasteiger partial charge in [0.2, 0.25) is 0 Å². The molecular weight excluding hydrogens is 174 g/mol. The Morgan fingerprint density at radius 2 is 1.71 bits per heavy atom. The van der Waals surface area contributed by atoms with Crippen LogP contribution in [0.5, 0.6) is 0 Å². The lowest BCUT2D eigenvalue weighted by Crippen LogP contribution is -1.99. The molecule has 0 aliphatic rings. The summed E-state index contributed by atoms with van der Waals surface area (Å²) in [6, 6.07) is 9.75. The topological polar surface area (TPSA) is 57.0 Å². The molecule has 0 atom stereocenters. The molecule has 1 heterocycles. The van der Waals surface area contributed by atoms with Crippen LogP contribution < -0.4 is 11.5 Å². The SMILES string of the molecule is Nc1ccc(Cn2cccc2)cc1N. The third-order valence-electron chi connectivity index (χ3n) is 2.18. The molecule has 1 aromatic heterocycles. The van der Waals surface area contributed by atoms with Crippen LogP contribution in [0.2, 0.25) is 0 Å². The molecule has 0 fully saturated rings. The molecule has 14 heavy (non-hydrogen) atoms. The highest BCUT2D eigenvalue weighted by molar-refractivity contribution is 5.63. The van der Waals surface area contributed by atoms with Crippen LogP contribution in [0.1, 0.15) is 5.56 Å². The van der Waals surface area contributed by atoms with Crippen LogP contribution >= 0.6 is 0 Å². The van der Waals surface area contributed by atoms with Crippen LogP contribution in [-0.4, -0.2) is 4.57 Å². The molecule has 0 aliphatic carbocycles. The lowest BCUT2D eigenvalue weighted by molar-refractivity contribution is 0.807. The van der Waals surface area contributed by atoms with Gasteiger partial charge in [-0.15, -0.1) is 0 Å². The van der Waals surface area contributed by atoms with Gasteiger partial charge in [0.1, 0.15) is 0 Å². The van der Waals surface area contributed by atoms with Gasteiger partial charge in [-0.25, -0.2) is 0 Å². The fraction of sp³-hybridized carbons (Fsp3) is 0.0909. The molecule has 0 unspecified atom stereocenters. The average molecular weight is 187 g/mol. The van der Waals surface area contributed by atoms with Crippen molar-refractivity contribution in [1.29, 1.82) is 0 Å². The molecule has 0 spiro atoms. The van der Waals surface area contributed by atoms with Crippen molar-refractivity contribution in [1.82, 2.24) is 4.57 Å². The molecule has 2 aromatic rings. The zero-order valence-corrected chi connectivity index (χ0v) is 7.85. The summed E-state index contributed by atoms with van der Waals surface area (Å²) in [5.74, 6) is 0. The highest BCUT2D eigenvalue weighted by Gasteiger charge is 1.97. The second kappa shape index (κ2) is 3.46. The van der Waals surface area contributed by atoms with E-state index in [1.165, 1.54) is 0 Å². The smallest absolute Gasteiger partial charge is 0.0551 e. The standard InChI is InChI=1S/C11H13N3/c12-10-4-3-9(7-11(10)13)8-14-5-1-2-6-14/h1-7H,8,12-13H2. The second-order valence-corrected chi connectivity index (χ2v) is 3.32. The predicted molar refractivity (Wildman–Crippen MR) is 58.8 cm³/mol. The maximum absolute atomic E-state index is 5.72. The molecule has 0 aliphatic heterocycles. The molecule has 3 heteroatoms. The summed E-state index contributed by atoms with van der Waals surface area (Å²) >= 11 is 0. The minimum Gasteiger partial charge on any atom is -0.397 e. The molecule has 3 nitrogen and oxygen atoms in total. The summed E-state index contributed by atoms with van der Waals surface area (Å²) in [7, 11) is 0. The van der Waals surface area contributed by atoms with Gasteiger partial charge in [-0.1, -0.05) is 6.07 Å². The molecule has 1 aromatic carbocycles. The first-order valence-electron chi connectivity index (χ1n) is 4.50. The molecular formula is C11H13N3. The Labute approximate surface area is 83.0 Å². The lowest BCUT2D eigenvalue weighted by atomic mass is 10.2. The van der Waals surface area contributed by atoms with Gasteiger partial charge in [0.25, 0.3) is 0 Å². The van der Waals surface area contributed by atoms with E-state index in [0.29, 0.717) is 11.4 Å². The van der Waals surface area contributed by atoms with E-state index in [4.69, 9.17) is 11.5 Å². The molecule has 0 bridgehead atoms. The molecule has 2 rings (SSSR count). The van der Waals surface area contributed by atoms with E-state index in [1.54, 1.807) is 0 Å². The minimum absolute atomic E-state index is 0.640. The van der Waals surface area contributed by atoms with Gasteiger partial charge >= 0.3 is 0 Å². The average Bonchev–Trinajstić information content (AvgIpc) is 2.64. The van der Waals surface area contributed by atoms with E-state index in [1.807, 2.05) is 42.7 Å². The molecule has 0 saturated carbocycles. The fourth-order valence-corrected chi connectivity index (χ4v) is 1.41. The normalized spacial score (nSPS) is 10.3. The van der Waals surface area contributed by atoms with Gasteiger partial charge in [0.05, 0.1) is 11.4 Å². The number of hydrogen-bond donors (Lipinski definition) is 2. The Morgan fingerprint density at radius 1 is 1.00 bits per heavy atom. The van der Waals surface area contributed by atoms with Crippen LogP contribution in [0, 0.1) is 0 Å². The van der Waals surface area contributed by atoms with Crippen LogP contribution in [-0.2, 0) is 6.54 Å². The van der Waals surface area contributed by atoms with Crippen LogP contribution in [0.3, 0.4) is 0 Å². The van der Waals surface area contributed by atoms with Gasteiger partial charge in [-0.2, -0.15) is 0 Å². The van der Waals surface area contributed by atoms with E-state index < -0.39 is 0 Å². The quantitative estimate of drug-likeness (QED) is 0.703. The Kier molecular flexibility index (Phi) is 2.14. The van der Waals surface area contributed by atoms with Gasteiger partial charge in [-0.05, 0) is 29.8 Å². The minimum atomic E-state index is 0.640. The van der Waals surface area contributed by atoms with Crippen molar-refractivity contribution in [2.45, 2.75) is 6.54 Å². The largest absolute Gasteiger partial charge is 0.397 e. The van der Waals surface area contributed by atoms with E-state index >= 15 is 0 Å². The number of aromatic nitrogens is 1. The zero-order valence-electron chi connectivity index (χ0n) is 7.85. The highest BCUT2D eigenvalue weighted by atomic mass is 14.9.